The maximum atomic E-state index is 13.5. The molecule has 0 bridgehead atoms. The van der Waals surface area contributed by atoms with Crippen LogP contribution in [-0.2, 0) is 0 Å². The molecule has 1 rings (SSSR count). The molecule has 0 saturated heterocycles. The van der Waals surface area contributed by atoms with E-state index in [1.165, 1.54) is 12.1 Å². The van der Waals surface area contributed by atoms with Gasteiger partial charge in [0.25, 0.3) is 5.91 Å². The van der Waals surface area contributed by atoms with Gasteiger partial charge in [-0.2, -0.15) is 0 Å². The number of carbonyl (C=O) groups is 1. The van der Waals surface area contributed by atoms with Gasteiger partial charge in [-0.3, -0.25) is 4.79 Å². The molecule has 0 aromatic heterocycles. The second kappa shape index (κ2) is 6.35. The smallest absolute Gasteiger partial charge is 0.258 e. The highest BCUT2D eigenvalue weighted by molar-refractivity contribution is 5.97. The van der Waals surface area contributed by atoms with Gasteiger partial charge in [0.15, 0.2) is 0 Å². The van der Waals surface area contributed by atoms with E-state index in [2.05, 4.69) is 5.32 Å². The molecule has 5 heteroatoms. The van der Waals surface area contributed by atoms with Gasteiger partial charge in [-0.05, 0) is 24.5 Å². The third-order valence-electron chi connectivity index (χ3n) is 2.78. The van der Waals surface area contributed by atoms with Crippen LogP contribution in [0.1, 0.15) is 30.6 Å². The highest BCUT2D eigenvalue weighted by Crippen LogP contribution is 2.20. The van der Waals surface area contributed by atoms with E-state index in [1.54, 1.807) is 0 Å². The normalized spacial score (nSPS) is 12.5. The molecule has 1 aromatic carbocycles. The fraction of sp³-hybridized carbons (Fsp3) is 0.462. The summed E-state index contributed by atoms with van der Waals surface area (Å²) in [7, 11) is 0. The topological polar surface area (TPSA) is 69.6 Å². The Morgan fingerprint density at radius 2 is 2.11 bits per heavy atom. The fourth-order valence-corrected chi connectivity index (χ4v) is 1.69. The molecule has 0 aliphatic heterocycles. The summed E-state index contributed by atoms with van der Waals surface area (Å²) in [5.74, 6) is -1.72. The average Bonchev–Trinajstić information content (AvgIpc) is 2.28. The first-order valence-corrected chi connectivity index (χ1v) is 5.86. The zero-order chi connectivity index (χ0) is 13.7. The number of nitrogens with one attached hydrogen (secondary N) is 1. The van der Waals surface area contributed by atoms with Crippen LogP contribution < -0.4 is 5.32 Å². The summed E-state index contributed by atoms with van der Waals surface area (Å²) in [5, 5.41) is 21.0. The number of aromatic hydroxyl groups is 1. The highest BCUT2D eigenvalue weighted by Gasteiger charge is 2.21. The van der Waals surface area contributed by atoms with Gasteiger partial charge >= 0.3 is 0 Å². The third-order valence-corrected chi connectivity index (χ3v) is 2.78. The van der Waals surface area contributed by atoms with Gasteiger partial charge in [-0.25, -0.2) is 4.39 Å². The molecule has 1 atom stereocenters. The van der Waals surface area contributed by atoms with Crippen LogP contribution in [0, 0.1) is 11.7 Å². The Hall–Kier alpha value is -1.62. The number of phenolic OH excluding ortho intramolecular Hbond substituents is 1. The van der Waals surface area contributed by atoms with E-state index in [0.29, 0.717) is 6.42 Å². The number of rotatable bonds is 5. The van der Waals surface area contributed by atoms with Gasteiger partial charge in [-0.15, -0.1) is 0 Å². The fourth-order valence-electron chi connectivity index (χ4n) is 1.69. The summed E-state index contributed by atoms with van der Waals surface area (Å²) >= 11 is 0. The quantitative estimate of drug-likeness (QED) is 0.749. The molecule has 3 N–H and O–H groups in total. The Morgan fingerprint density at radius 3 is 2.61 bits per heavy atom. The molecular weight excluding hydrogens is 237 g/mol. The standard InChI is InChI=1S/C13H18FNO3/c1-8(2)10(6-7-16)15-13(18)12-9(14)4-3-5-11(12)17/h3-5,8,10,16-17H,6-7H2,1-2H3,(H,15,18). The lowest BCUT2D eigenvalue weighted by Gasteiger charge is -2.21. The van der Waals surface area contributed by atoms with Crippen LogP contribution in [0.3, 0.4) is 0 Å². The van der Waals surface area contributed by atoms with Crippen LogP contribution in [0.25, 0.3) is 0 Å². The minimum Gasteiger partial charge on any atom is -0.507 e. The number of aliphatic hydroxyl groups is 1. The number of amides is 1. The Labute approximate surface area is 105 Å². The van der Waals surface area contributed by atoms with E-state index < -0.39 is 11.7 Å². The van der Waals surface area contributed by atoms with E-state index in [1.807, 2.05) is 13.8 Å². The van der Waals surface area contributed by atoms with Gasteiger partial charge in [0.05, 0.1) is 0 Å². The van der Waals surface area contributed by atoms with Crippen molar-refractivity contribution in [3.05, 3.63) is 29.6 Å². The van der Waals surface area contributed by atoms with E-state index in [4.69, 9.17) is 5.11 Å². The Morgan fingerprint density at radius 1 is 1.44 bits per heavy atom. The first-order chi connectivity index (χ1) is 8.47. The van der Waals surface area contributed by atoms with Gasteiger partial charge in [0.2, 0.25) is 0 Å². The summed E-state index contributed by atoms with van der Waals surface area (Å²) in [4.78, 5) is 11.9. The number of aliphatic hydroxyl groups excluding tert-OH is 1. The monoisotopic (exact) mass is 255 g/mol. The second-order valence-corrected chi connectivity index (χ2v) is 4.47. The number of carbonyl (C=O) groups excluding carboxylic acids is 1. The summed E-state index contributed by atoms with van der Waals surface area (Å²) < 4.78 is 13.5. The second-order valence-electron chi connectivity index (χ2n) is 4.47. The summed E-state index contributed by atoms with van der Waals surface area (Å²) in [5.41, 5.74) is -0.360. The number of benzene rings is 1. The molecule has 1 amide bonds. The molecular formula is C13H18FNO3. The predicted octanol–water partition coefficient (Wildman–Crippen LogP) is 1.67. The molecule has 18 heavy (non-hydrogen) atoms. The van der Waals surface area contributed by atoms with Gasteiger partial charge in [-0.1, -0.05) is 19.9 Å². The summed E-state index contributed by atoms with van der Waals surface area (Å²) in [6.07, 6.45) is 0.388. The zero-order valence-electron chi connectivity index (χ0n) is 10.5. The Bertz CT molecular complexity index is 400. The van der Waals surface area contributed by atoms with Crippen molar-refractivity contribution in [1.82, 2.24) is 5.32 Å². The van der Waals surface area contributed by atoms with Gasteiger partial charge in [0.1, 0.15) is 17.1 Å². The van der Waals surface area contributed by atoms with Crippen molar-refractivity contribution in [1.29, 1.82) is 0 Å². The summed E-state index contributed by atoms with van der Waals surface area (Å²) in [6.45, 7) is 3.72. The van der Waals surface area contributed by atoms with Crippen molar-refractivity contribution in [2.75, 3.05) is 6.61 Å². The molecule has 0 radical (unpaired) electrons. The first kappa shape index (κ1) is 14.4. The molecule has 0 saturated carbocycles. The highest BCUT2D eigenvalue weighted by atomic mass is 19.1. The summed E-state index contributed by atoms with van der Waals surface area (Å²) in [6, 6.07) is 3.44. The molecule has 0 aliphatic carbocycles. The van der Waals surface area contributed by atoms with Crippen molar-refractivity contribution < 1.29 is 19.4 Å². The zero-order valence-corrected chi connectivity index (χ0v) is 10.5. The van der Waals surface area contributed by atoms with E-state index in [-0.39, 0.29) is 29.9 Å². The number of halogens is 1. The largest absolute Gasteiger partial charge is 0.507 e. The average molecular weight is 255 g/mol. The van der Waals surface area contributed by atoms with Crippen molar-refractivity contribution in [2.45, 2.75) is 26.3 Å². The van der Waals surface area contributed by atoms with Crippen LogP contribution in [0.5, 0.6) is 5.75 Å². The van der Waals surface area contributed by atoms with Crippen LogP contribution in [-0.4, -0.2) is 28.8 Å². The van der Waals surface area contributed by atoms with Crippen molar-refractivity contribution in [3.8, 4) is 5.75 Å². The Balaban J connectivity index is 2.87. The van der Waals surface area contributed by atoms with Crippen molar-refractivity contribution in [2.24, 2.45) is 5.92 Å². The van der Waals surface area contributed by atoms with E-state index >= 15 is 0 Å². The van der Waals surface area contributed by atoms with Crippen LogP contribution in [0.15, 0.2) is 18.2 Å². The molecule has 4 nitrogen and oxygen atoms in total. The predicted molar refractivity (Wildman–Crippen MR) is 65.9 cm³/mol. The van der Waals surface area contributed by atoms with Crippen LogP contribution >= 0.6 is 0 Å². The molecule has 0 spiro atoms. The lowest BCUT2D eigenvalue weighted by molar-refractivity contribution is 0.0909. The minimum atomic E-state index is -0.765. The van der Waals surface area contributed by atoms with Gasteiger partial charge < -0.3 is 15.5 Å². The van der Waals surface area contributed by atoms with Crippen molar-refractivity contribution in [3.63, 3.8) is 0 Å². The number of hydrogen-bond donors (Lipinski definition) is 3. The first-order valence-electron chi connectivity index (χ1n) is 5.86. The van der Waals surface area contributed by atoms with Crippen LogP contribution in [0.2, 0.25) is 0 Å². The lowest BCUT2D eigenvalue weighted by Crippen LogP contribution is -2.39. The third kappa shape index (κ3) is 3.43. The molecule has 0 heterocycles. The molecule has 0 fully saturated rings. The van der Waals surface area contributed by atoms with Crippen molar-refractivity contribution >= 4 is 5.91 Å². The maximum Gasteiger partial charge on any atom is 0.258 e. The van der Waals surface area contributed by atoms with Crippen LogP contribution in [0.4, 0.5) is 4.39 Å². The minimum absolute atomic E-state index is 0.0631. The van der Waals surface area contributed by atoms with E-state index in [9.17, 15) is 14.3 Å². The Kier molecular flexibility index (Phi) is 5.09. The molecule has 100 valence electrons. The molecule has 0 aliphatic rings. The van der Waals surface area contributed by atoms with Gasteiger partial charge in [0, 0.05) is 12.6 Å². The lowest BCUT2D eigenvalue weighted by atomic mass is 10.0. The number of hydrogen-bond acceptors (Lipinski definition) is 3. The maximum absolute atomic E-state index is 13.5. The van der Waals surface area contributed by atoms with E-state index in [0.717, 1.165) is 6.07 Å². The number of phenols is 1. The molecule has 1 unspecified atom stereocenters. The SMILES string of the molecule is CC(C)C(CCO)NC(=O)c1c(O)cccc1F. The molecule has 1 aromatic rings.